The zero-order chi connectivity index (χ0) is 21.8. The average molecular weight is 415 g/mol. The molecule has 4 rings (SSSR count). The molecule has 0 saturated carbocycles. The molecule has 0 aromatic heterocycles. The van der Waals surface area contributed by atoms with Gasteiger partial charge >= 0.3 is 12.0 Å². The second-order valence-electron chi connectivity index (χ2n) is 7.68. The zero-order valence-electron chi connectivity index (χ0n) is 17.8. The summed E-state index contributed by atoms with van der Waals surface area (Å²) in [5.74, 6) is -0.368. The number of rotatable bonds is 4. The number of ether oxygens (including phenoxy) is 1. The lowest BCUT2D eigenvalue weighted by atomic mass is 9.88. The number of amides is 2. The van der Waals surface area contributed by atoms with Crippen molar-refractivity contribution in [2.45, 2.75) is 26.3 Å². The van der Waals surface area contributed by atoms with Gasteiger partial charge in [0.15, 0.2) is 0 Å². The number of urea groups is 1. The Morgan fingerprint density at radius 2 is 1.71 bits per heavy atom. The molecule has 0 fully saturated rings. The normalized spacial score (nSPS) is 15.2. The lowest BCUT2D eigenvalue weighted by Gasteiger charge is -2.37. The van der Waals surface area contributed by atoms with E-state index >= 15 is 0 Å². The summed E-state index contributed by atoms with van der Waals surface area (Å²) < 4.78 is 5.01. The van der Waals surface area contributed by atoms with Crippen LogP contribution in [0.3, 0.4) is 0 Å². The van der Waals surface area contributed by atoms with E-state index in [4.69, 9.17) is 4.74 Å². The van der Waals surface area contributed by atoms with Crippen molar-refractivity contribution in [3.63, 3.8) is 0 Å². The van der Waals surface area contributed by atoms with Gasteiger partial charge in [0.25, 0.3) is 0 Å². The van der Waals surface area contributed by atoms with Crippen LogP contribution in [0.2, 0.25) is 0 Å². The van der Waals surface area contributed by atoms with Crippen LogP contribution in [-0.4, -0.2) is 30.1 Å². The van der Waals surface area contributed by atoms with Crippen molar-refractivity contribution in [2.75, 3.05) is 18.5 Å². The Hall–Kier alpha value is -3.60. The van der Waals surface area contributed by atoms with Crippen LogP contribution in [-0.2, 0) is 11.2 Å². The number of hydrogen-bond acceptors (Lipinski definition) is 3. The fourth-order valence-electron chi connectivity index (χ4n) is 3.99. The Bertz CT molecular complexity index is 1070. The van der Waals surface area contributed by atoms with Crippen molar-refractivity contribution in [3.05, 3.63) is 101 Å². The lowest BCUT2D eigenvalue weighted by molar-refractivity contribution is 0.0526. The van der Waals surface area contributed by atoms with Crippen molar-refractivity contribution in [2.24, 2.45) is 0 Å². The van der Waals surface area contributed by atoms with Gasteiger partial charge in [-0.25, -0.2) is 9.59 Å². The predicted molar refractivity (Wildman–Crippen MR) is 121 cm³/mol. The number of esters is 1. The summed E-state index contributed by atoms with van der Waals surface area (Å²) >= 11 is 0. The molecule has 2 amide bonds. The molecule has 0 bridgehead atoms. The van der Waals surface area contributed by atoms with Crippen LogP contribution in [0.1, 0.15) is 45.6 Å². The molecule has 0 aliphatic carbocycles. The van der Waals surface area contributed by atoms with E-state index in [1.54, 1.807) is 31.2 Å². The van der Waals surface area contributed by atoms with E-state index in [9.17, 15) is 9.59 Å². The summed E-state index contributed by atoms with van der Waals surface area (Å²) in [6.07, 6.45) is 0.813. The first kappa shape index (κ1) is 20.7. The second-order valence-corrected chi connectivity index (χ2v) is 7.68. The van der Waals surface area contributed by atoms with Gasteiger partial charge in [0, 0.05) is 12.2 Å². The minimum Gasteiger partial charge on any atom is -0.462 e. The highest BCUT2D eigenvalue weighted by atomic mass is 16.5. The van der Waals surface area contributed by atoms with Gasteiger partial charge in [-0.05, 0) is 61.2 Å². The van der Waals surface area contributed by atoms with Gasteiger partial charge in [0.05, 0.1) is 18.2 Å². The number of aryl methyl sites for hydroxylation is 1. The van der Waals surface area contributed by atoms with Crippen LogP contribution < -0.4 is 5.32 Å². The first-order chi connectivity index (χ1) is 15.1. The smallest absolute Gasteiger partial charge is 0.338 e. The molecule has 31 heavy (non-hydrogen) atoms. The summed E-state index contributed by atoms with van der Waals surface area (Å²) in [7, 11) is 0. The first-order valence-corrected chi connectivity index (χ1v) is 10.6. The van der Waals surface area contributed by atoms with Gasteiger partial charge in [-0.3, -0.25) is 0 Å². The summed E-state index contributed by atoms with van der Waals surface area (Å²) in [4.78, 5) is 27.0. The third-order valence-electron chi connectivity index (χ3n) is 5.58. The molecule has 3 aromatic carbocycles. The van der Waals surface area contributed by atoms with Crippen LogP contribution in [0.15, 0.2) is 72.8 Å². The molecule has 1 heterocycles. The topological polar surface area (TPSA) is 58.6 Å². The van der Waals surface area contributed by atoms with Gasteiger partial charge in [-0.1, -0.05) is 54.1 Å². The van der Waals surface area contributed by atoms with Gasteiger partial charge in [0.1, 0.15) is 0 Å². The quantitative estimate of drug-likeness (QED) is 0.586. The third-order valence-corrected chi connectivity index (χ3v) is 5.58. The van der Waals surface area contributed by atoms with Crippen molar-refractivity contribution in [1.29, 1.82) is 0 Å². The largest absolute Gasteiger partial charge is 0.462 e. The molecule has 3 aromatic rings. The van der Waals surface area contributed by atoms with E-state index in [0.29, 0.717) is 24.4 Å². The highest BCUT2D eigenvalue weighted by Gasteiger charge is 2.32. The maximum Gasteiger partial charge on any atom is 0.338 e. The number of nitrogens with zero attached hydrogens (tertiary/aromatic N) is 1. The highest BCUT2D eigenvalue weighted by Crippen LogP contribution is 2.35. The Kier molecular flexibility index (Phi) is 6.03. The van der Waals surface area contributed by atoms with E-state index in [-0.39, 0.29) is 18.0 Å². The number of benzene rings is 3. The zero-order valence-corrected chi connectivity index (χ0v) is 17.8. The van der Waals surface area contributed by atoms with Crippen LogP contribution >= 0.6 is 0 Å². The van der Waals surface area contributed by atoms with Gasteiger partial charge < -0.3 is 15.0 Å². The van der Waals surface area contributed by atoms with Gasteiger partial charge in [-0.15, -0.1) is 0 Å². The molecule has 1 aliphatic rings. The maximum absolute atomic E-state index is 13.3. The molecule has 1 aliphatic heterocycles. The molecule has 0 spiro atoms. The molecule has 1 atom stereocenters. The summed E-state index contributed by atoms with van der Waals surface area (Å²) in [6, 6.07) is 23.1. The predicted octanol–water partition coefficient (Wildman–Crippen LogP) is 5.35. The first-order valence-electron chi connectivity index (χ1n) is 10.6. The minimum absolute atomic E-state index is 0.149. The molecular formula is C26H26N2O3. The van der Waals surface area contributed by atoms with Crippen LogP contribution in [0.4, 0.5) is 10.5 Å². The van der Waals surface area contributed by atoms with Crippen molar-refractivity contribution >= 4 is 17.7 Å². The maximum atomic E-state index is 13.3. The number of fused-ring (bicyclic) bond motifs is 1. The average Bonchev–Trinajstić information content (AvgIpc) is 2.79. The molecule has 5 nitrogen and oxygen atoms in total. The second kappa shape index (κ2) is 9.04. The fourth-order valence-corrected chi connectivity index (χ4v) is 3.99. The van der Waals surface area contributed by atoms with E-state index in [0.717, 1.165) is 17.5 Å². The van der Waals surface area contributed by atoms with E-state index in [1.807, 2.05) is 17.0 Å². The molecule has 5 heteroatoms. The van der Waals surface area contributed by atoms with E-state index in [1.165, 1.54) is 11.1 Å². The third kappa shape index (κ3) is 4.45. The van der Waals surface area contributed by atoms with Crippen molar-refractivity contribution < 1.29 is 14.3 Å². The van der Waals surface area contributed by atoms with E-state index < -0.39 is 0 Å². The van der Waals surface area contributed by atoms with Gasteiger partial charge in [0.2, 0.25) is 0 Å². The van der Waals surface area contributed by atoms with Crippen LogP contribution in [0.5, 0.6) is 0 Å². The summed E-state index contributed by atoms with van der Waals surface area (Å²) in [5, 5.41) is 2.99. The van der Waals surface area contributed by atoms with Crippen molar-refractivity contribution in [3.8, 4) is 0 Å². The number of carbonyl (C=O) groups excluding carboxylic acids is 2. The molecule has 0 radical (unpaired) electrons. The van der Waals surface area contributed by atoms with Crippen molar-refractivity contribution in [1.82, 2.24) is 4.90 Å². The molecule has 1 N–H and O–H groups in total. The fraction of sp³-hybridized carbons (Fsp3) is 0.231. The Balaban J connectivity index is 1.59. The standard InChI is InChI=1S/C26H26N2O3/c1-3-31-25(29)21-12-14-22(15-13-21)27-26(30)28-17-16-19-6-4-5-7-23(19)24(28)20-10-8-18(2)9-11-20/h4-15,24H,3,16-17H2,1-2H3,(H,27,30)/t24-/m0/s1. The Labute approximate surface area is 182 Å². The molecular weight excluding hydrogens is 388 g/mol. The SMILES string of the molecule is CCOC(=O)c1ccc(NC(=O)N2CCc3ccccc3[C@@H]2c2ccc(C)cc2)cc1. The number of hydrogen-bond donors (Lipinski definition) is 1. The van der Waals surface area contributed by atoms with Crippen LogP contribution in [0.25, 0.3) is 0 Å². The minimum atomic E-state index is -0.368. The van der Waals surface area contributed by atoms with E-state index in [2.05, 4.69) is 48.6 Å². The molecule has 158 valence electrons. The van der Waals surface area contributed by atoms with Crippen LogP contribution in [0, 0.1) is 6.92 Å². The van der Waals surface area contributed by atoms with Gasteiger partial charge in [-0.2, -0.15) is 0 Å². The summed E-state index contributed by atoms with van der Waals surface area (Å²) in [6.45, 7) is 4.78. The lowest BCUT2D eigenvalue weighted by Crippen LogP contribution is -2.43. The number of anilines is 1. The molecule has 0 saturated heterocycles. The Morgan fingerprint density at radius 3 is 2.42 bits per heavy atom. The monoisotopic (exact) mass is 414 g/mol. The Morgan fingerprint density at radius 1 is 1.00 bits per heavy atom. The molecule has 0 unspecified atom stereocenters. The highest BCUT2D eigenvalue weighted by molar-refractivity contribution is 5.92. The summed E-state index contributed by atoms with van der Waals surface area (Å²) in [5.41, 5.74) is 5.81. The number of nitrogens with one attached hydrogen (secondary N) is 1. The number of carbonyl (C=O) groups is 2.